The van der Waals surface area contributed by atoms with Gasteiger partial charge in [-0.3, -0.25) is 9.59 Å². The smallest absolute Gasteiger partial charge is 0.247 e. The van der Waals surface area contributed by atoms with Crippen molar-refractivity contribution in [3.8, 4) is 0 Å². The molecule has 0 amide bonds. The molecule has 0 aliphatic carbocycles. The fraction of sp³-hybridized carbons (Fsp3) is 0.500. The molecule has 10 heavy (non-hydrogen) atoms. The van der Waals surface area contributed by atoms with Crippen molar-refractivity contribution in [1.82, 2.24) is 0 Å². The molecule has 0 fully saturated rings. The van der Waals surface area contributed by atoms with Crippen molar-refractivity contribution < 1.29 is 9.59 Å². The summed E-state index contributed by atoms with van der Waals surface area (Å²) < 4.78 is 0. The van der Waals surface area contributed by atoms with E-state index in [9.17, 15) is 9.59 Å². The first-order chi connectivity index (χ1) is 4.46. The van der Waals surface area contributed by atoms with Crippen molar-refractivity contribution >= 4 is 57.4 Å². The molecule has 0 radical (unpaired) electrons. The number of rotatable bonds is 3. The Hall–Kier alpha value is 0.500. The first kappa shape index (κ1) is 10.5. The van der Waals surface area contributed by atoms with Crippen LogP contribution in [-0.4, -0.2) is 21.2 Å². The predicted molar refractivity (Wildman–Crippen MR) is 41.0 cm³/mol. The SMILES string of the molecule is O=C(Cl)C(Cl)C(=O)C(Cl)Cl. The van der Waals surface area contributed by atoms with E-state index in [2.05, 4.69) is 0 Å². The predicted octanol–water partition coefficient (Wildman–Crippen LogP) is 1.73. The molecule has 0 spiro atoms. The molecule has 0 heterocycles. The lowest BCUT2D eigenvalue weighted by atomic mass is 10.3. The number of halogens is 4. The molecule has 6 heteroatoms. The Balaban J connectivity index is 4.08. The second-order valence-electron chi connectivity index (χ2n) is 1.37. The number of alkyl halides is 3. The molecule has 0 aliphatic rings. The van der Waals surface area contributed by atoms with Crippen LogP contribution in [0.4, 0.5) is 0 Å². The molecule has 0 rings (SSSR count). The van der Waals surface area contributed by atoms with Crippen molar-refractivity contribution in [3.05, 3.63) is 0 Å². The van der Waals surface area contributed by atoms with Crippen molar-refractivity contribution in [2.45, 2.75) is 10.2 Å². The molecule has 2 nitrogen and oxygen atoms in total. The number of ketones is 1. The maximum atomic E-state index is 10.6. The highest BCUT2D eigenvalue weighted by Crippen LogP contribution is 2.12. The Morgan fingerprint density at radius 2 is 1.50 bits per heavy atom. The quantitative estimate of drug-likeness (QED) is 0.415. The lowest BCUT2D eigenvalue weighted by Crippen LogP contribution is -2.25. The van der Waals surface area contributed by atoms with Crippen LogP contribution in [0.1, 0.15) is 0 Å². The largest absolute Gasteiger partial charge is 0.294 e. The summed E-state index contributed by atoms with van der Waals surface area (Å²) in [6.07, 6.45) is 0. The molecule has 0 saturated carbocycles. The van der Waals surface area contributed by atoms with E-state index >= 15 is 0 Å². The van der Waals surface area contributed by atoms with Gasteiger partial charge in [0, 0.05) is 0 Å². The minimum atomic E-state index is -1.44. The van der Waals surface area contributed by atoms with E-state index in [4.69, 9.17) is 46.4 Å². The molecule has 0 N–H and O–H groups in total. The van der Waals surface area contributed by atoms with Gasteiger partial charge in [0.05, 0.1) is 0 Å². The Bertz CT molecular complexity index is 155. The molecule has 0 aliphatic heterocycles. The zero-order chi connectivity index (χ0) is 8.31. The molecule has 1 unspecified atom stereocenters. The third-order valence-electron chi connectivity index (χ3n) is 0.664. The molecule has 58 valence electrons. The van der Waals surface area contributed by atoms with Gasteiger partial charge in [0.25, 0.3) is 0 Å². The summed E-state index contributed by atoms with van der Waals surface area (Å²) in [5, 5.41) is -2.42. The van der Waals surface area contributed by atoms with Gasteiger partial charge in [0.15, 0.2) is 16.0 Å². The Kier molecular flexibility index (Phi) is 4.61. The van der Waals surface area contributed by atoms with Gasteiger partial charge in [-0.1, -0.05) is 23.2 Å². The maximum absolute atomic E-state index is 10.6. The molecule has 0 aromatic rings. The average molecular weight is 224 g/mol. The monoisotopic (exact) mass is 222 g/mol. The number of hydrogen-bond donors (Lipinski definition) is 0. The molecule has 0 saturated heterocycles. The van der Waals surface area contributed by atoms with Crippen LogP contribution in [0.15, 0.2) is 0 Å². The Morgan fingerprint density at radius 1 is 1.10 bits per heavy atom. The molecular formula is C4H2Cl4O2. The van der Waals surface area contributed by atoms with Crippen molar-refractivity contribution in [2.24, 2.45) is 0 Å². The normalized spacial score (nSPS) is 13.3. The van der Waals surface area contributed by atoms with Crippen LogP contribution in [0.2, 0.25) is 0 Å². The highest BCUT2D eigenvalue weighted by molar-refractivity contribution is 6.74. The van der Waals surface area contributed by atoms with E-state index in [1.54, 1.807) is 0 Å². The standard InChI is InChI=1S/C4H2Cl4O2/c5-1(4(8)10)2(9)3(6)7/h1,3H. The number of Topliss-reactive ketones (excluding diaryl/α,β-unsaturated/α-hetero) is 1. The van der Waals surface area contributed by atoms with Crippen LogP contribution < -0.4 is 0 Å². The van der Waals surface area contributed by atoms with Gasteiger partial charge in [-0.15, -0.1) is 11.6 Å². The first-order valence-corrected chi connectivity index (χ1v) is 3.81. The molecular weight excluding hydrogens is 222 g/mol. The van der Waals surface area contributed by atoms with Crippen molar-refractivity contribution in [3.63, 3.8) is 0 Å². The summed E-state index contributed by atoms with van der Waals surface area (Å²) in [5.74, 6) is -0.801. The average Bonchev–Trinajstić information content (AvgIpc) is 1.84. The van der Waals surface area contributed by atoms with Crippen LogP contribution >= 0.6 is 46.4 Å². The summed E-state index contributed by atoms with van der Waals surface area (Å²) in [4.78, 5) is 19.5. The third kappa shape index (κ3) is 3.06. The van der Waals surface area contributed by atoms with Crippen molar-refractivity contribution in [2.75, 3.05) is 0 Å². The van der Waals surface area contributed by atoms with Gasteiger partial charge in [0.2, 0.25) is 5.24 Å². The summed E-state index contributed by atoms with van der Waals surface area (Å²) in [7, 11) is 0. The lowest BCUT2D eigenvalue weighted by molar-refractivity contribution is -0.121. The lowest BCUT2D eigenvalue weighted by Gasteiger charge is -2.01. The fourth-order valence-electron chi connectivity index (χ4n) is 0.222. The van der Waals surface area contributed by atoms with Crippen LogP contribution in [0.3, 0.4) is 0 Å². The minimum absolute atomic E-state index is 0.801. The van der Waals surface area contributed by atoms with Crippen molar-refractivity contribution in [1.29, 1.82) is 0 Å². The summed E-state index contributed by atoms with van der Waals surface area (Å²) >= 11 is 20.2. The molecule has 0 aromatic carbocycles. The van der Waals surface area contributed by atoms with Gasteiger partial charge in [-0.2, -0.15) is 0 Å². The van der Waals surface area contributed by atoms with Gasteiger partial charge in [-0.25, -0.2) is 0 Å². The zero-order valence-electron chi connectivity index (χ0n) is 4.48. The van der Waals surface area contributed by atoms with Gasteiger partial charge in [0.1, 0.15) is 0 Å². The van der Waals surface area contributed by atoms with E-state index in [-0.39, 0.29) is 0 Å². The van der Waals surface area contributed by atoms with E-state index in [0.29, 0.717) is 0 Å². The Morgan fingerprint density at radius 3 is 1.60 bits per heavy atom. The first-order valence-electron chi connectivity index (χ1n) is 2.12. The van der Waals surface area contributed by atoms with Crippen LogP contribution in [-0.2, 0) is 9.59 Å². The van der Waals surface area contributed by atoms with E-state index in [1.165, 1.54) is 0 Å². The number of carbonyl (C=O) groups excluding carboxylic acids is 2. The van der Waals surface area contributed by atoms with Crippen LogP contribution in [0.25, 0.3) is 0 Å². The summed E-state index contributed by atoms with van der Waals surface area (Å²) in [6.45, 7) is 0. The van der Waals surface area contributed by atoms with E-state index < -0.39 is 21.2 Å². The van der Waals surface area contributed by atoms with Gasteiger partial charge in [-0.05, 0) is 11.6 Å². The molecule has 0 aromatic heterocycles. The zero-order valence-corrected chi connectivity index (χ0v) is 7.51. The maximum Gasteiger partial charge on any atom is 0.247 e. The fourth-order valence-corrected chi connectivity index (χ4v) is 0.837. The number of carbonyl (C=O) groups is 2. The Labute approximate surface area is 77.4 Å². The molecule has 0 bridgehead atoms. The number of hydrogen-bond acceptors (Lipinski definition) is 2. The summed E-state index contributed by atoms with van der Waals surface area (Å²) in [6, 6.07) is 0. The van der Waals surface area contributed by atoms with Crippen LogP contribution in [0, 0.1) is 0 Å². The summed E-state index contributed by atoms with van der Waals surface area (Å²) in [5.41, 5.74) is 0. The second-order valence-corrected chi connectivity index (χ2v) is 3.27. The topological polar surface area (TPSA) is 34.1 Å². The van der Waals surface area contributed by atoms with Gasteiger partial charge >= 0.3 is 0 Å². The minimum Gasteiger partial charge on any atom is -0.294 e. The van der Waals surface area contributed by atoms with E-state index in [1.807, 2.05) is 0 Å². The third-order valence-corrected chi connectivity index (χ3v) is 1.84. The highest BCUT2D eigenvalue weighted by Gasteiger charge is 2.26. The van der Waals surface area contributed by atoms with Crippen LogP contribution in [0.5, 0.6) is 0 Å². The van der Waals surface area contributed by atoms with Gasteiger partial charge < -0.3 is 0 Å². The molecule has 1 atom stereocenters. The highest BCUT2D eigenvalue weighted by atomic mass is 35.5. The second kappa shape index (κ2) is 4.39. The van der Waals surface area contributed by atoms with E-state index in [0.717, 1.165) is 0 Å².